The maximum atomic E-state index is 12.7. The van der Waals surface area contributed by atoms with Crippen LogP contribution in [0, 0.1) is 17.5 Å². The van der Waals surface area contributed by atoms with Crippen molar-refractivity contribution in [1.29, 1.82) is 0 Å². The summed E-state index contributed by atoms with van der Waals surface area (Å²) in [5.74, 6) is -3.47. The molecule has 0 saturated heterocycles. The molecule has 0 aliphatic rings. The standard InChI is InChI=1S/C7H3Cl2F3/c8-7(9)5-3(10)1-2-4(11)6(5)12/h1-2,7H. The lowest BCUT2D eigenvalue weighted by atomic mass is 10.2. The van der Waals surface area contributed by atoms with Crippen LogP contribution in [0.5, 0.6) is 0 Å². The lowest BCUT2D eigenvalue weighted by molar-refractivity contribution is 0.484. The van der Waals surface area contributed by atoms with Gasteiger partial charge in [-0.05, 0) is 12.1 Å². The van der Waals surface area contributed by atoms with Gasteiger partial charge in [0.25, 0.3) is 0 Å². The highest BCUT2D eigenvalue weighted by Gasteiger charge is 2.18. The summed E-state index contributed by atoms with van der Waals surface area (Å²) in [6, 6.07) is 1.44. The van der Waals surface area contributed by atoms with Gasteiger partial charge in [-0.1, -0.05) is 23.2 Å². The van der Waals surface area contributed by atoms with Crippen LogP contribution in [0.4, 0.5) is 13.2 Å². The number of benzene rings is 1. The van der Waals surface area contributed by atoms with Crippen LogP contribution >= 0.6 is 23.2 Å². The summed E-state index contributed by atoms with van der Waals surface area (Å²) in [5, 5.41) is 0. The van der Waals surface area contributed by atoms with Gasteiger partial charge < -0.3 is 0 Å². The molecular formula is C7H3Cl2F3. The summed E-state index contributed by atoms with van der Waals surface area (Å²) < 4.78 is 37.9. The smallest absolute Gasteiger partial charge is 0.167 e. The van der Waals surface area contributed by atoms with Gasteiger partial charge >= 0.3 is 0 Å². The van der Waals surface area contributed by atoms with E-state index < -0.39 is 27.9 Å². The fraction of sp³-hybridized carbons (Fsp3) is 0.143. The van der Waals surface area contributed by atoms with E-state index in [0.717, 1.165) is 6.07 Å². The van der Waals surface area contributed by atoms with Crippen molar-refractivity contribution in [3.8, 4) is 0 Å². The topological polar surface area (TPSA) is 0 Å². The van der Waals surface area contributed by atoms with Gasteiger partial charge in [0.1, 0.15) is 10.7 Å². The van der Waals surface area contributed by atoms with Gasteiger partial charge in [0, 0.05) is 0 Å². The molecule has 0 aliphatic carbocycles. The summed E-state index contributed by atoms with van der Waals surface area (Å²) in [6.45, 7) is 0. The van der Waals surface area contributed by atoms with E-state index in [1.165, 1.54) is 0 Å². The van der Waals surface area contributed by atoms with E-state index in [9.17, 15) is 13.2 Å². The van der Waals surface area contributed by atoms with E-state index in [1.807, 2.05) is 0 Å². The predicted octanol–water partition coefficient (Wildman–Crippen LogP) is 3.58. The minimum absolute atomic E-state index is 0.654. The lowest BCUT2D eigenvalue weighted by Gasteiger charge is -2.04. The number of halogens is 5. The highest BCUT2D eigenvalue weighted by atomic mass is 35.5. The molecule has 0 aromatic heterocycles. The number of rotatable bonds is 1. The Balaban J connectivity index is 3.33. The molecule has 1 aromatic rings. The molecule has 0 saturated carbocycles. The average Bonchev–Trinajstić information content (AvgIpc) is 1.97. The zero-order valence-corrected chi connectivity index (χ0v) is 7.13. The first kappa shape index (κ1) is 9.68. The number of hydrogen-bond donors (Lipinski definition) is 0. The molecule has 0 N–H and O–H groups in total. The molecule has 0 aliphatic heterocycles. The third kappa shape index (κ3) is 1.67. The first-order valence-corrected chi connectivity index (χ1v) is 3.83. The van der Waals surface area contributed by atoms with E-state index in [2.05, 4.69) is 0 Å². The monoisotopic (exact) mass is 214 g/mol. The van der Waals surface area contributed by atoms with Gasteiger partial charge in [-0.25, -0.2) is 13.2 Å². The second-order valence-corrected chi connectivity index (χ2v) is 3.15. The summed E-state index contributed by atoms with van der Waals surface area (Å²) in [7, 11) is 0. The summed E-state index contributed by atoms with van der Waals surface area (Å²) >= 11 is 10.4. The van der Waals surface area contributed by atoms with Gasteiger partial charge in [-0.2, -0.15) is 0 Å². The van der Waals surface area contributed by atoms with Crippen molar-refractivity contribution in [1.82, 2.24) is 0 Å². The zero-order valence-electron chi connectivity index (χ0n) is 5.62. The van der Waals surface area contributed by atoms with Gasteiger partial charge in [0.2, 0.25) is 0 Å². The molecular weight excluding hydrogens is 212 g/mol. The van der Waals surface area contributed by atoms with Crippen LogP contribution in [0.25, 0.3) is 0 Å². The Kier molecular flexibility index (Phi) is 2.85. The molecule has 1 rings (SSSR count). The van der Waals surface area contributed by atoms with Crippen LogP contribution in [0.3, 0.4) is 0 Å². The maximum Gasteiger partial charge on any atom is 0.167 e. The molecule has 0 unspecified atom stereocenters. The summed E-state index contributed by atoms with van der Waals surface area (Å²) in [4.78, 5) is -1.40. The Morgan fingerprint density at radius 2 is 1.50 bits per heavy atom. The molecule has 0 fully saturated rings. The predicted molar refractivity (Wildman–Crippen MR) is 40.8 cm³/mol. The second kappa shape index (κ2) is 3.54. The first-order valence-electron chi connectivity index (χ1n) is 2.95. The SMILES string of the molecule is Fc1ccc(F)c(C(Cl)Cl)c1F. The quantitative estimate of drug-likeness (QED) is 0.496. The van der Waals surface area contributed by atoms with Crippen molar-refractivity contribution in [2.45, 2.75) is 4.84 Å². The Hall–Kier alpha value is -0.410. The Bertz CT molecular complexity index is 299. The van der Waals surface area contributed by atoms with Crippen molar-refractivity contribution in [3.63, 3.8) is 0 Å². The molecule has 0 bridgehead atoms. The van der Waals surface area contributed by atoms with E-state index in [-0.39, 0.29) is 0 Å². The molecule has 12 heavy (non-hydrogen) atoms. The molecule has 0 radical (unpaired) electrons. The van der Waals surface area contributed by atoms with Gasteiger partial charge in [-0.15, -0.1) is 0 Å². The maximum absolute atomic E-state index is 12.7. The third-order valence-corrected chi connectivity index (χ3v) is 1.73. The van der Waals surface area contributed by atoms with E-state index in [0.29, 0.717) is 6.07 Å². The minimum atomic E-state index is -1.40. The molecule has 5 heteroatoms. The van der Waals surface area contributed by atoms with Crippen molar-refractivity contribution in [3.05, 3.63) is 35.1 Å². The van der Waals surface area contributed by atoms with Crippen LogP contribution in [-0.4, -0.2) is 0 Å². The van der Waals surface area contributed by atoms with Crippen LogP contribution < -0.4 is 0 Å². The zero-order chi connectivity index (χ0) is 9.30. The summed E-state index contributed by atoms with van der Waals surface area (Å²) in [5.41, 5.74) is -0.654. The minimum Gasteiger partial charge on any atom is -0.206 e. The van der Waals surface area contributed by atoms with Crippen molar-refractivity contribution >= 4 is 23.2 Å². The molecule has 66 valence electrons. The van der Waals surface area contributed by atoms with Crippen LogP contribution in [0.15, 0.2) is 12.1 Å². The molecule has 1 aromatic carbocycles. The van der Waals surface area contributed by atoms with Crippen molar-refractivity contribution in [2.75, 3.05) is 0 Å². The van der Waals surface area contributed by atoms with E-state index in [1.54, 1.807) is 0 Å². The summed E-state index contributed by atoms with van der Waals surface area (Å²) in [6.07, 6.45) is 0. The fourth-order valence-corrected chi connectivity index (χ4v) is 1.14. The van der Waals surface area contributed by atoms with Crippen LogP contribution in [0.1, 0.15) is 10.4 Å². The number of alkyl halides is 2. The lowest BCUT2D eigenvalue weighted by Crippen LogP contribution is -1.97. The van der Waals surface area contributed by atoms with Crippen LogP contribution in [0.2, 0.25) is 0 Å². The van der Waals surface area contributed by atoms with Gasteiger partial charge in [0.05, 0.1) is 5.56 Å². The Morgan fingerprint density at radius 3 is 1.92 bits per heavy atom. The van der Waals surface area contributed by atoms with Crippen molar-refractivity contribution in [2.24, 2.45) is 0 Å². The largest absolute Gasteiger partial charge is 0.206 e. The van der Waals surface area contributed by atoms with Crippen LogP contribution in [-0.2, 0) is 0 Å². The molecule has 0 spiro atoms. The first-order chi connectivity index (χ1) is 5.54. The molecule has 0 heterocycles. The normalized spacial score (nSPS) is 10.8. The fourth-order valence-electron chi connectivity index (χ4n) is 0.743. The average molecular weight is 215 g/mol. The van der Waals surface area contributed by atoms with E-state index >= 15 is 0 Å². The molecule has 0 atom stereocenters. The van der Waals surface area contributed by atoms with Gasteiger partial charge in [-0.3, -0.25) is 0 Å². The van der Waals surface area contributed by atoms with Gasteiger partial charge in [0.15, 0.2) is 11.6 Å². The second-order valence-electron chi connectivity index (χ2n) is 2.06. The van der Waals surface area contributed by atoms with E-state index in [4.69, 9.17) is 23.2 Å². The molecule has 0 nitrogen and oxygen atoms in total. The number of hydrogen-bond acceptors (Lipinski definition) is 0. The third-order valence-electron chi connectivity index (χ3n) is 1.30. The highest BCUT2D eigenvalue weighted by molar-refractivity contribution is 6.44. The van der Waals surface area contributed by atoms with Crippen molar-refractivity contribution < 1.29 is 13.2 Å². The molecule has 0 amide bonds. The Morgan fingerprint density at radius 1 is 1.00 bits per heavy atom. The Labute approximate surface area is 76.9 Å². The highest BCUT2D eigenvalue weighted by Crippen LogP contribution is 2.30.